The third-order valence-electron chi connectivity index (χ3n) is 3.82. The second kappa shape index (κ2) is 10.3. The quantitative estimate of drug-likeness (QED) is 0.385. The van der Waals surface area contributed by atoms with Crippen LogP contribution in [0.5, 0.6) is 17.2 Å². The number of hydrogen-bond donors (Lipinski definition) is 1. The number of carbonyl (C=O) groups is 2. The third kappa shape index (κ3) is 5.30. The number of amides is 1. The van der Waals surface area contributed by atoms with Crippen molar-refractivity contribution in [3.8, 4) is 23.3 Å². The predicted molar refractivity (Wildman–Crippen MR) is 113 cm³/mol. The van der Waals surface area contributed by atoms with E-state index >= 15 is 0 Å². The van der Waals surface area contributed by atoms with E-state index in [0.717, 1.165) is 11.3 Å². The van der Waals surface area contributed by atoms with Gasteiger partial charge in [0.1, 0.15) is 16.6 Å². The minimum Gasteiger partial charge on any atom is -0.493 e. The van der Waals surface area contributed by atoms with Crippen LogP contribution in [0, 0.1) is 11.3 Å². The molecule has 0 unspecified atom stereocenters. The summed E-state index contributed by atoms with van der Waals surface area (Å²) >= 11 is 1.16. The third-order valence-corrected chi connectivity index (χ3v) is 4.65. The van der Waals surface area contributed by atoms with Crippen molar-refractivity contribution in [3.63, 3.8) is 0 Å². The van der Waals surface area contributed by atoms with E-state index in [1.165, 1.54) is 27.4 Å². The molecule has 0 atom stereocenters. The predicted octanol–water partition coefficient (Wildman–Crippen LogP) is 3.88. The van der Waals surface area contributed by atoms with Gasteiger partial charge in [0.25, 0.3) is 5.91 Å². The van der Waals surface area contributed by atoms with E-state index < -0.39 is 11.9 Å². The SMILES string of the molecule is COc1cc(C=C(C#N)C(=O)Nc2sccc2C(=O)OC(C)C)cc(OC)c1OC. The maximum absolute atomic E-state index is 12.6. The summed E-state index contributed by atoms with van der Waals surface area (Å²) in [7, 11) is 4.42. The van der Waals surface area contributed by atoms with Crippen molar-refractivity contribution in [2.24, 2.45) is 0 Å². The first-order valence-corrected chi connectivity index (χ1v) is 9.74. The van der Waals surface area contributed by atoms with Gasteiger partial charge in [-0.05, 0) is 49.1 Å². The number of nitriles is 1. The summed E-state index contributed by atoms with van der Waals surface area (Å²) in [6, 6.07) is 6.65. The van der Waals surface area contributed by atoms with Crippen molar-refractivity contribution >= 4 is 34.3 Å². The summed E-state index contributed by atoms with van der Waals surface area (Å²) in [5.74, 6) is -0.0384. The van der Waals surface area contributed by atoms with E-state index in [-0.39, 0.29) is 17.2 Å². The Hall–Kier alpha value is -3.51. The van der Waals surface area contributed by atoms with E-state index in [1.54, 1.807) is 37.4 Å². The molecule has 0 bridgehead atoms. The van der Waals surface area contributed by atoms with Crippen LogP contribution in [0.2, 0.25) is 0 Å². The molecule has 30 heavy (non-hydrogen) atoms. The zero-order valence-electron chi connectivity index (χ0n) is 17.3. The van der Waals surface area contributed by atoms with E-state index in [9.17, 15) is 14.9 Å². The molecule has 0 fully saturated rings. The molecule has 0 saturated carbocycles. The molecule has 1 aromatic heterocycles. The molecule has 0 radical (unpaired) electrons. The molecule has 0 aliphatic rings. The van der Waals surface area contributed by atoms with Crippen molar-refractivity contribution in [1.82, 2.24) is 0 Å². The highest BCUT2D eigenvalue weighted by Crippen LogP contribution is 2.38. The Bertz CT molecular complexity index is 978. The molecule has 1 aromatic carbocycles. The van der Waals surface area contributed by atoms with Gasteiger partial charge >= 0.3 is 5.97 Å². The number of nitrogens with one attached hydrogen (secondary N) is 1. The highest BCUT2D eigenvalue weighted by Gasteiger charge is 2.20. The number of hydrogen-bond acceptors (Lipinski definition) is 8. The molecule has 0 spiro atoms. The normalized spacial score (nSPS) is 10.9. The van der Waals surface area contributed by atoms with Crippen LogP contribution >= 0.6 is 11.3 Å². The van der Waals surface area contributed by atoms with Crippen LogP contribution < -0.4 is 19.5 Å². The molecule has 0 saturated heterocycles. The zero-order valence-corrected chi connectivity index (χ0v) is 18.1. The van der Waals surface area contributed by atoms with Crippen molar-refractivity contribution in [2.45, 2.75) is 20.0 Å². The number of rotatable bonds is 8. The van der Waals surface area contributed by atoms with Crippen molar-refractivity contribution in [2.75, 3.05) is 26.6 Å². The Morgan fingerprint density at radius 1 is 1.13 bits per heavy atom. The Morgan fingerprint density at radius 2 is 1.77 bits per heavy atom. The minimum absolute atomic E-state index is 0.166. The lowest BCUT2D eigenvalue weighted by Crippen LogP contribution is -2.17. The fraction of sp³-hybridized carbons (Fsp3) is 0.286. The monoisotopic (exact) mass is 430 g/mol. The Labute approximate surface area is 178 Å². The van der Waals surface area contributed by atoms with E-state index in [4.69, 9.17) is 18.9 Å². The van der Waals surface area contributed by atoms with Gasteiger partial charge in [0, 0.05) is 0 Å². The largest absolute Gasteiger partial charge is 0.493 e. The molecule has 1 N–H and O–H groups in total. The van der Waals surface area contributed by atoms with Crippen molar-refractivity contribution in [3.05, 3.63) is 40.3 Å². The minimum atomic E-state index is -0.660. The average molecular weight is 430 g/mol. The molecule has 158 valence electrons. The molecule has 2 aromatic rings. The molecule has 0 aliphatic carbocycles. The smallest absolute Gasteiger partial charge is 0.341 e. The number of benzene rings is 1. The first-order chi connectivity index (χ1) is 14.3. The first kappa shape index (κ1) is 22.8. The van der Waals surface area contributed by atoms with Gasteiger partial charge in [-0.3, -0.25) is 4.79 Å². The topological polar surface area (TPSA) is 107 Å². The van der Waals surface area contributed by atoms with Crippen LogP contribution in [0.25, 0.3) is 6.08 Å². The lowest BCUT2D eigenvalue weighted by atomic mass is 10.1. The van der Waals surface area contributed by atoms with Gasteiger partial charge in [0.05, 0.1) is 33.0 Å². The van der Waals surface area contributed by atoms with Gasteiger partial charge in [0.15, 0.2) is 11.5 Å². The number of ether oxygens (including phenoxy) is 4. The summed E-state index contributed by atoms with van der Waals surface area (Å²) in [5.41, 5.74) is 0.565. The molecule has 9 heteroatoms. The maximum Gasteiger partial charge on any atom is 0.341 e. The molecule has 2 rings (SSSR count). The average Bonchev–Trinajstić information content (AvgIpc) is 3.18. The number of carbonyl (C=O) groups excluding carboxylic acids is 2. The lowest BCUT2D eigenvalue weighted by molar-refractivity contribution is -0.112. The number of esters is 1. The van der Waals surface area contributed by atoms with Crippen LogP contribution in [-0.4, -0.2) is 39.3 Å². The highest BCUT2D eigenvalue weighted by atomic mass is 32.1. The van der Waals surface area contributed by atoms with E-state index in [2.05, 4.69) is 5.32 Å². The van der Waals surface area contributed by atoms with E-state index in [0.29, 0.717) is 27.8 Å². The van der Waals surface area contributed by atoms with Gasteiger partial charge in [-0.2, -0.15) is 5.26 Å². The van der Waals surface area contributed by atoms with Crippen LogP contribution in [0.4, 0.5) is 5.00 Å². The zero-order chi connectivity index (χ0) is 22.3. The van der Waals surface area contributed by atoms with Crippen LogP contribution in [0.15, 0.2) is 29.2 Å². The van der Waals surface area contributed by atoms with Crippen LogP contribution in [0.3, 0.4) is 0 Å². The van der Waals surface area contributed by atoms with Crippen molar-refractivity contribution in [1.29, 1.82) is 5.26 Å². The summed E-state index contributed by atoms with van der Waals surface area (Å²) in [6.07, 6.45) is 1.09. The molecule has 0 aliphatic heterocycles. The van der Waals surface area contributed by atoms with E-state index in [1.807, 2.05) is 6.07 Å². The van der Waals surface area contributed by atoms with Gasteiger partial charge in [-0.1, -0.05) is 0 Å². The molecule has 1 amide bonds. The Kier molecular flexibility index (Phi) is 7.83. The Morgan fingerprint density at radius 3 is 2.27 bits per heavy atom. The molecule has 8 nitrogen and oxygen atoms in total. The summed E-state index contributed by atoms with van der Waals surface area (Å²) < 4.78 is 21.0. The Balaban J connectivity index is 2.32. The standard InChI is InChI=1S/C21H22N2O6S/c1-12(2)29-21(25)15-6-7-30-20(15)23-19(24)14(11-22)8-13-9-16(26-3)18(28-5)17(10-13)27-4/h6-10,12H,1-5H3,(H,23,24). The lowest BCUT2D eigenvalue weighted by Gasteiger charge is -2.13. The molecule has 1 heterocycles. The second-order valence-corrected chi connectivity index (χ2v) is 7.12. The summed E-state index contributed by atoms with van der Waals surface area (Å²) in [4.78, 5) is 24.8. The van der Waals surface area contributed by atoms with Gasteiger partial charge in [0.2, 0.25) is 5.75 Å². The summed E-state index contributed by atoms with van der Waals surface area (Å²) in [6.45, 7) is 3.47. The molecular weight excluding hydrogens is 408 g/mol. The number of methoxy groups -OCH3 is 3. The van der Waals surface area contributed by atoms with Gasteiger partial charge in [-0.25, -0.2) is 4.79 Å². The number of anilines is 1. The number of nitrogens with zero attached hydrogens (tertiary/aromatic N) is 1. The fourth-order valence-corrected chi connectivity index (χ4v) is 3.28. The van der Waals surface area contributed by atoms with Gasteiger partial charge in [-0.15, -0.1) is 11.3 Å². The van der Waals surface area contributed by atoms with Crippen molar-refractivity contribution < 1.29 is 28.5 Å². The highest BCUT2D eigenvalue weighted by molar-refractivity contribution is 7.14. The second-order valence-electron chi connectivity index (χ2n) is 6.20. The fourth-order valence-electron chi connectivity index (χ4n) is 2.51. The first-order valence-electron chi connectivity index (χ1n) is 8.86. The maximum atomic E-state index is 12.6. The van der Waals surface area contributed by atoms with Crippen LogP contribution in [0.1, 0.15) is 29.8 Å². The summed E-state index contributed by atoms with van der Waals surface area (Å²) in [5, 5.41) is 14.0. The van der Waals surface area contributed by atoms with Gasteiger partial charge < -0.3 is 24.3 Å². The number of thiophene rings is 1. The van der Waals surface area contributed by atoms with Crippen LogP contribution in [-0.2, 0) is 9.53 Å². The molecular formula is C21H22N2O6S.